The van der Waals surface area contributed by atoms with E-state index in [4.69, 9.17) is 18.9 Å². The minimum atomic E-state index is -0.936. The summed E-state index contributed by atoms with van der Waals surface area (Å²) in [5, 5.41) is 0. The normalized spacial score (nSPS) is 16.3. The predicted octanol–water partition coefficient (Wildman–Crippen LogP) is 3.67. The number of thioether (sulfide) groups is 1. The molecule has 1 aliphatic heterocycles. The van der Waals surface area contributed by atoms with Crippen LogP contribution in [0.1, 0.15) is 11.1 Å². The Morgan fingerprint density at radius 3 is 2.22 bits per heavy atom. The predicted molar refractivity (Wildman–Crippen MR) is 90.5 cm³/mol. The summed E-state index contributed by atoms with van der Waals surface area (Å²) in [6, 6.07) is 13.9. The smallest absolute Gasteiger partial charge is 0.226 e. The summed E-state index contributed by atoms with van der Waals surface area (Å²) < 4.78 is 22.9. The summed E-state index contributed by atoms with van der Waals surface area (Å²) >= 11 is 1.70. The summed E-state index contributed by atoms with van der Waals surface area (Å²) in [4.78, 5) is 1.20. The highest BCUT2D eigenvalue weighted by Gasteiger charge is 2.43. The second kappa shape index (κ2) is 6.83. The third-order valence-electron chi connectivity index (χ3n) is 3.93. The maximum atomic E-state index is 6.05. The Labute approximate surface area is 140 Å². The molecule has 122 valence electrons. The lowest BCUT2D eigenvalue weighted by Crippen LogP contribution is -2.29. The minimum Gasteiger partial charge on any atom is -0.497 e. The summed E-state index contributed by atoms with van der Waals surface area (Å²) in [7, 11) is 3.27. The van der Waals surface area contributed by atoms with E-state index < -0.39 is 5.79 Å². The van der Waals surface area contributed by atoms with Crippen LogP contribution in [0.15, 0.2) is 47.4 Å². The molecule has 0 N–H and O–H groups in total. The van der Waals surface area contributed by atoms with Gasteiger partial charge in [-0.1, -0.05) is 12.1 Å². The van der Waals surface area contributed by atoms with Gasteiger partial charge >= 0.3 is 0 Å². The van der Waals surface area contributed by atoms with E-state index in [1.807, 2.05) is 30.3 Å². The molecule has 4 nitrogen and oxygen atoms in total. The fraction of sp³-hybridized carbons (Fsp3) is 0.333. The molecule has 3 rings (SSSR count). The van der Waals surface area contributed by atoms with Crippen molar-refractivity contribution < 1.29 is 18.9 Å². The molecule has 0 aliphatic carbocycles. The van der Waals surface area contributed by atoms with Crippen LogP contribution >= 0.6 is 11.8 Å². The van der Waals surface area contributed by atoms with Crippen LogP contribution in [0.4, 0.5) is 0 Å². The van der Waals surface area contributed by atoms with Gasteiger partial charge in [-0.3, -0.25) is 0 Å². The van der Waals surface area contributed by atoms with E-state index in [2.05, 4.69) is 18.4 Å². The van der Waals surface area contributed by atoms with Crippen LogP contribution in [0.3, 0.4) is 0 Å². The molecule has 0 saturated carbocycles. The topological polar surface area (TPSA) is 36.9 Å². The fourth-order valence-electron chi connectivity index (χ4n) is 2.77. The molecule has 2 aromatic rings. The average molecular weight is 332 g/mol. The van der Waals surface area contributed by atoms with Crippen molar-refractivity contribution in [3.8, 4) is 11.5 Å². The van der Waals surface area contributed by atoms with Crippen molar-refractivity contribution in [2.75, 3.05) is 33.7 Å². The molecule has 23 heavy (non-hydrogen) atoms. The Kier molecular flexibility index (Phi) is 4.80. The molecule has 0 spiro atoms. The number of benzene rings is 2. The summed E-state index contributed by atoms with van der Waals surface area (Å²) in [6.45, 7) is 1.08. The van der Waals surface area contributed by atoms with Crippen LogP contribution in [0.2, 0.25) is 0 Å². The highest BCUT2D eigenvalue weighted by molar-refractivity contribution is 7.98. The first-order chi connectivity index (χ1) is 11.2. The number of hydrogen-bond acceptors (Lipinski definition) is 5. The lowest BCUT2D eigenvalue weighted by atomic mass is 9.96. The molecule has 0 bridgehead atoms. The molecule has 0 aromatic heterocycles. The summed E-state index contributed by atoms with van der Waals surface area (Å²) in [5.41, 5.74) is 1.80. The number of methoxy groups -OCH3 is 2. The molecule has 1 heterocycles. The van der Waals surface area contributed by atoms with Crippen LogP contribution in [0.5, 0.6) is 11.5 Å². The van der Waals surface area contributed by atoms with Gasteiger partial charge in [-0.25, -0.2) is 0 Å². The SMILES string of the molecule is COc1ccc(C2(c3ccc(SC)cc3)OCCO2)c(OC)c1. The third kappa shape index (κ3) is 2.92. The zero-order chi connectivity index (χ0) is 16.3. The van der Waals surface area contributed by atoms with Gasteiger partial charge in [0.15, 0.2) is 0 Å². The van der Waals surface area contributed by atoms with Crippen molar-refractivity contribution in [2.45, 2.75) is 10.7 Å². The minimum absolute atomic E-state index is 0.541. The largest absolute Gasteiger partial charge is 0.497 e. The number of hydrogen-bond donors (Lipinski definition) is 0. The van der Waals surface area contributed by atoms with Crippen molar-refractivity contribution in [1.29, 1.82) is 0 Å². The highest BCUT2D eigenvalue weighted by Crippen LogP contribution is 2.44. The van der Waals surface area contributed by atoms with Crippen LogP contribution in [-0.4, -0.2) is 33.7 Å². The first-order valence-electron chi connectivity index (χ1n) is 7.38. The molecule has 5 heteroatoms. The van der Waals surface area contributed by atoms with Crippen molar-refractivity contribution in [3.05, 3.63) is 53.6 Å². The molecule has 2 aromatic carbocycles. The van der Waals surface area contributed by atoms with Gasteiger partial charge in [-0.2, -0.15) is 0 Å². The monoisotopic (exact) mass is 332 g/mol. The van der Waals surface area contributed by atoms with Crippen LogP contribution < -0.4 is 9.47 Å². The Morgan fingerprint density at radius 2 is 1.65 bits per heavy atom. The van der Waals surface area contributed by atoms with E-state index in [-0.39, 0.29) is 0 Å². The lowest BCUT2D eigenvalue weighted by molar-refractivity contribution is -0.131. The van der Waals surface area contributed by atoms with Gasteiger partial charge in [0.1, 0.15) is 11.5 Å². The maximum Gasteiger partial charge on any atom is 0.226 e. The molecule has 1 saturated heterocycles. The van der Waals surface area contributed by atoms with E-state index in [1.54, 1.807) is 26.0 Å². The first kappa shape index (κ1) is 16.2. The molecule has 1 fully saturated rings. The van der Waals surface area contributed by atoms with E-state index in [9.17, 15) is 0 Å². The second-order valence-electron chi connectivity index (χ2n) is 5.11. The molecular weight excluding hydrogens is 312 g/mol. The fourth-order valence-corrected chi connectivity index (χ4v) is 3.18. The first-order valence-corrected chi connectivity index (χ1v) is 8.61. The van der Waals surface area contributed by atoms with Gasteiger partial charge in [0, 0.05) is 16.5 Å². The van der Waals surface area contributed by atoms with Gasteiger partial charge in [0.2, 0.25) is 5.79 Å². The van der Waals surface area contributed by atoms with Gasteiger partial charge in [-0.05, 0) is 30.5 Å². The van der Waals surface area contributed by atoms with Gasteiger partial charge in [-0.15, -0.1) is 11.8 Å². The standard InChI is InChI=1S/C18H20O4S/c1-19-14-6-9-16(17(12-14)20-2)18(21-10-11-22-18)13-4-7-15(23-3)8-5-13/h4-9,12H,10-11H2,1-3H3. The van der Waals surface area contributed by atoms with Crippen molar-refractivity contribution >= 4 is 11.8 Å². The third-order valence-corrected chi connectivity index (χ3v) is 4.67. The summed E-state index contributed by atoms with van der Waals surface area (Å²) in [5.74, 6) is 0.478. The number of rotatable bonds is 5. The Balaban J connectivity index is 2.10. The van der Waals surface area contributed by atoms with E-state index in [0.29, 0.717) is 19.0 Å². The average Bonchev–Trinajstić information content (AvgIpc) is 3.12. The van der Waals surface area contributed by atoms with Crippen LogP contribution in [0.25, 0.3) is 0 Å². The van der Waals surface area contributed by atoms with E-state index >= 15 is 0 Å². The number of ether oxygens (including phenoxy) is 4. The highest BCUT2D eigenvalue weighted by atomic mass is 32.2. The molecule has 0 atom stereocenters. The Bertz CT molecular complexity index is 663. The van der Waals surface area contributed by atoms with Gasteiger partial charge in [0.05, 0.1) is 33.0 Å². The molecule has 0 amide bonds. The summed E-state index contributed by atoms with van der Waals surface area (Å²) in [6.07, 6.45) is 2.06. The molecule has 0 radical (unpaired) electrons. The Hall–Kier alpha value is -1.69. The zero-order valence-electron chi connectivity index (χ0n) is 13.5. The van der Waals surface area contributed by atoms with Gasteiger partial charge in [0.25, 0.3) is 0 Å². The zero-order valence-corrected chi connectivity index (χ0v) is 14.3. The quantitative estimate of drug-likeness (QED) is 0.781. The lowest BCUT2D eigenvalue weighted by Gasteiger charge is -2.30. The van der Waals surface area contributed by atoms with Crippen LogP contribution in [-0.2, 0) is 15.3 Å². The molecule has 1 aliphatic rings. The van der Waals surface area contributed by atoms with Crippen molar-refractivity contribution in [1.82, 2.24) is 0 Å². The van der Waals surface area contributed by atoms with E-state index in [1.165, 1.54) is 4.90 Å². The van der Waals surface area contributed by atoms with Crippen LogP contribution in [0, 0.1) is 0 Å². The second-order valence-corrected chi connectivity index (χ2v) is 5.99. The Morgan fingerprint density at radius 1 is 0.957 bits per heavy atom. The molecule has 0 unspecified atom stereocenters. The van der Waals surface area contributed by atoms with Gasteiger partial charge < -0.3 is 18.9 Å². The van der Waals surface area contributed by atoms with Crippen molar-refractivity contribution in [3.63, 3.8) is 0 Å². The van der Waals surface area contributed by atoms with Crippen molar-refractivity contribution in [2.24, 2.45) is 0 Å². The maximum absolute atomic E-state index is 6.05. The molecular formula is C18H20O4S. The van der Waals surface area contributed by atoms with E-state index in [0.717, 1.165) is 16.9 Å².